The molecule has 0 fully saturated rings. The van der Waals surface area contributed by atoms with Crippen LogP contribution in [0.25, 0.3) is 16.7 Å². The molecule has 0 saturated carbocycles. The van der Waals surface area contributed by atoms with E-state index in [-0.39, 0.29) is 23.4 Å². The zero-order valence-electron chi connectivity index (χ0n) is 12.0. The fourth-order valence-corrected chi connectivity index (χ4v) is 2.58. The van der Waals surface area contributed by atoms with E-state index >= 15 is 0 Å². The smallest absolute Gasteiger partial charge is 0.338 e. The van der Waals surface area contributed by atoms with Gasteiger partial charge in [-0.3, -0.25) is 0 Å². The van der Waals surface area contributed by atoms with Gasteiger partial charge in [-0.15, -0.1) is 0 Å². The minimum absolute atomic E-state index is 0.0759. The summed E-state index contributed by atoms with van der Waals surface area (Å²) < 4.78 is 4.91. The maximum absolute atomic E-state index is 11.9. The zero-order chi connectivity index (χ0) is 16.4. The summed E-state index contributed by atoms with van der Waals surface area (Å²) in [5.41, 5.74) is 8.51. The highest BCUT2D eigenvalue weighted by Gasteiger charge is 2.25. The van der Waals surface area contributed by atoms with E-state index in [4.69, 9.17) is 10.5 Å². The van der Waals surface area contributed by atoms with Crippen molar-refractivity contribution in [3.05, 3.63) is 59.2 Å². The molecule has 3 rings (SSSR count). The Morgan fingerprint density at radius 2 is 1.70 bits per heavy atom. The molecule has 5 heteroatoms. The fraction of sp³-hybridized carbons (Fsp3) is 0.0556. The van der Waals surface area contributed by atoms with Crippen molar-refractivity contribution in [3.8, 4) is 23.3 Å². The number of nitrogens with two attached hydrogens (primary N) is 1. The van der Waals surface area contributed by atoms with Gasteiger partial charge in [-0.2, -0.15) is 10.5 Å². The second-order valence-electron chi connectivity index (χ2n) is 4.94. The molecule has 1 heterocycles. The van der Waals surface area contributed by atoms with Crippen LogP contribution in [0.3, 0.4) is 0 Å². The van der Waals surface area contributed by atoms with Crippen molar-refractivity contribution < 1.29 is 9.53 Å². The quantitative estimate of drug-likeness (QED) is 0.679. The Kier molecular flexibility index (Phi) is 3.54. The first-order valence-electron chi connectivity index (χ1n) is 6.87. The molecule has 2 aromatic carbocycles. The van der Waals surface area contributed by atoms with Crippen LogP contribution in [0.4, 0.5) is 5.69 Å². The molecule has 0 amide bonds. The normalized spacial score (nSPS) is 13.0. The Bertz CT molecular complexity index is 916. The summed E-state index contributed by atoms with van der Waals surface area (Å²) in [4.78, 5) is 11.9. The van der Waals surface area contributed by atoms with Crippen LogP contribution in [0.1, 0.15) is 16.7 Å². The monoisotopic (exact) mass is 301 g/mol. The minimum Gasteiger partial charge on any atom is -0.458 e. The lowest BCUT2D eigenvalue weighted by Crippen LogP contribution is -2.06. The SMILES string of the molecule is N#Cc1c(C2=CCOC2=O)cc(-c2ccccc2)c(C#N)c1N. The number of carbonyl (C=O) groups is 1. The number of ether oxygens (including phenoxy) is 1. The summed E-state index contributed by atoms with van der Waals surface area (Å²) in [5, 5.41) is 18.9. The first-order chi connectivity index (χ1) is 11.2. The van der Waals surface area contributed by atoms with Crippen LogP contribution < -0.4 is 5.73 Å². The molecule has 0 saturated heterocycles. The fourth-order valence-electron chi connectivity index (χ4n) is 2.58. The van der Waals surface area contributed by atoms with Gasteiger partial charge < -0.3 is 10.5 Å². The maximum atomic E-state index is 11.9. The summed E-state index contributed by atoms with van der Waals surface area (Å²) in [5.74, 6) is -0.496. The highest BCUT2D eigenvalue weighted by atomic mass is 16.5. The number of esters is 1. The van der Waals surface area contributed by atoms with E-state index in [1.54, 1.807) is 12.1 Å². The molecule has 1 aliphatic rings. The number of hydrogen-bond donors (Lipinski definition) is 1. The second-order valence-corrected chi connectivity index (χ2v) is 4.94. The van der Waals surface area contributed by atoms with Crippen molar-refractivity contribution in [1.29, 1.82) is 10.5 Å². The third kappa shape index (κ3) is 2.31. The average molecular weight is 301 g/mol. The number of rotatable bonds is 2. The van der Waals surface area contributed by atoms with Crippen molar-refractivity contribution in [2.75, 3.05) is 12.3 Å². The van der Waals surface area contributed by atoms with Crippen molar-refractivity contribution >= 4 is 17.2 Å². The Morgan fingerprint density at radius 1 is 1.04 bits per heavy atom. The standard InChI is InChI=1S/C18H11N3O2/c19-9-15-13(11-4-2-1-3-5-11)8-14(16(10-20)17(15)21)12-6-7-23-18(12)22/h1-6,8H,7,21H2. The largest absolute Gasteiger partial charge is 0.458 e. The lowest BCUT2D eigenvalue weighted by atomic mass is 9.89. The molecule has 110 valence electrons. The van der Waals surface area contributed by atoms with Crippen molar-refractivity contribution in [2.24, 2.45) is 0 Å². The molecule has 0 spiro atoms. The second kappa shape index (κ2) is 5.67. The Hall–Kier alpha value is -3.57. The van der Waals surface area contributed by atoms with Crippen LogP contribution in [0, 0.1) is 22.7 Å². The van der Waals surface area contributed by atoms with Gasteiger partial charge in [-0.1, -0.05) is 30.3 Å². The summed E-state index contributed by atoms with van der Waals surface area (Å²) in [6, 6.07) is 14.9. The molecular formula is C18H11N3O2. The highest BCUT2D eigenvalue weighted by molar-refractivity contribution is 6.19. The van der Waals surface area contributed by atoms with E-state index in [9.17, 15) is 15.3 Å². The molecule has 0 aromatic heterocycles. The van der Waals surface area contributed by atoms with Gasteiger partial charge in [0.1, 0.15) is 18.7 Å². The molecule has 0 unspecified atom stereocenters. The van der Waals surface area contributed by atoms with Gasteiger partial charge in [-0.25, -0.2) is 4.79 Å². The van der Waals surface area contributed by atoms with E-state index in [1.165, 1.54) is 0 Å². The predicted octanol–water partition coefficient (Wildman–Crippen LogP) is 2.62. The topological polar surface area (TPSA) is 99.9 Å². The lowest BCUT2D eigenvalue weighted by Gasteiger charge is -2.13. The molecule has 23 heavy (non-hydrogen) atoms. The van der Waals surface area contributed by atoms with E-state index in [0.717, 1.165) is 5.56 Å². The number of carbonyl (C=O) groups excluding carboxylic acids is 1. The number of hydrogen-bond acceptors (Lipinski definition) is 5. The number of nitrogen functional groups attached to an aromatic ring is 1. The van der Waals surface area contributed by atoms with Gasteiger partial charge in [0.25, 0.3) is 0 Å². The molecule has 0 bridgehead atoms. The van der Waals surface area contributed by atoms with Crippen LogP contribution in [-0.4, -0.2) is 12.6 Å². The maximum Gasteiger partial charge on any atom is 0.338 e. The number of nitriles is 2. The minimum atomic E-state index is -0.496. The van der Waals surface area contributed by atoms with E-state index in [2.05, 4.69) is 6.07 Å². The summed E-state index contributed by atoms with van der Waals surface area (Å²) >= 11 is 0. The van der Waals surface area contributed by atoms with Crippen LogP contribution in [0.5, 0.6) is 0 Å². The predicted molar refractivity (Wildman–Crippen MR) is 84.7 cm³/mol. The Morgan fingerprint density at radius 3 is 2.26 bits per heavy atom. The van der Waals surface area contributed by atoms with E-state index in [1.807, 2.05) is 36.4 Å². The summed E-state index contributed by atoms with van der Waals surface area (Å²) in [6.45, 7) is 0.166. The van der Waals surface area contributed by atoms with Crippen molar-refractivity contribution in [3.63, 3.8) is 0 Å². The third-order valence-electron chi connectivity index (χ3n) is 3.69. The Balaban J connectivity index is 2.34. The van der Waals surface area contributed by atoms with Gasteiger partial charge in [0.15, 0.2) is 0 Å². The first-order valence-corrected chi connectivity index (χ1v) is 6.87. The molecular weight excluding hydrogens is 290 g/mol. The van der Waals surface area contributed by atoms with Crippen LogP contribution in [0.2, 0.25) is 0 Å². The first kappa shape index (κ1) is 14.4. The van der Waals surface area contributed by atoms with Gasteiger partial charge >= 0.3 is 5.97 Å². The molecule has 2 N–H and O–H groups in total. The van der Waals surface area contributed by atoms with Crippen molar-refractivity contribution in [1.82, 2.24) is 0 Å². The average Bonchev–Trinajstić information content (AvgIpc) is 3.00. The zero-order valence-corrected chi connectivity index (χ0v) is 12.0. The van der Waals surface area contributed by atoms with Gasteiger partial charge in [0.05, 0.1) is 22.4 Å². The van der Waals surface area contributed by atoms with Crippen LogP contribution in [-0.2, 0) is 9.53 Å². The van der Waals surface area contributed by atoms with E-state index in [0.29, 0.717) is 16.7 Å². The number of cyclic esters (lactones) is 1. The lowest BCUT2D eigenvalue weighted by molar-refractivity contribution is -0.133. The third-order valence-corrected chi connectivity index (χ3v) is 3.69. The Labute approximate surface area is 132 Å². The molecule has 0 atom stereocenters. The van der Waals surface area contributed by atoms with E-state index < -0.39 is 5.97 Å². The molecule has 0 radical (unpaired) electrons. The molecule has 1 aliphatic heterocycles. The number of nitrogens with zero attached hydrogens (tertiary/aromatic N) is 2. The van der Waals surface area contributed by atoms with Crippen LogP contribution in [0.15, 0.2) is 42.5 Å². The van der Waals surface area contributed by atoms with Crippen LogP contribution >= 0.6 is 0 Å². The summed E-state index contributed by atoms with van der Waals surface area (Å²) in [7, 11) is 0. The molecule has 0 aliphatic carbocycles. The molecule has 5 nitrogen and oxygen atoms in total. The van der Waals surface area contributed by atoms with Gasteiger partial charge in [0, 0.05) is 11.1 Å². The van der Waals surface area contributed by atoms with Gasteiger partial charge in [0.2, 0.25) is 0 Å². The molecule has 2 aromatic rings. The van der Waals surface area contributed by atoms with Crippen molar-refractivity contribution in [2.45, 2.75) is 0 Å². The number of anilines is 1. The van der Waals surface area contributed by atoms with Gasteiger partial charge in [-0.05, 0) is 17.7 Å². The highest BCUT2D eigenvalue weighted by Crippen LogP contribution is 2.36. The number of benzene rings is 2. The summed E-state index contributed by atoms with van der Waals surface area (Å²) in [6.07, 6.45) is 1.61.